The molecule has 138 valence electrons. The number of hydrogen-bond donors (Lipinski definition) is 2. The molecular weight excluding hydrogens is 312 g/mol. The summed E-state index contributed by atoms with van der Waals surface area (Å²) in [6.07, 6.45) is 2.54. The Labute approximate surface area is 151 Å². The highest BCUT2D eigenvalue weighted by Gasteiger charge is 2.40. The normalized spacial score (nSPS) is 28.1. The van der Waals surface area contributed by atoms with Crippen LogP contribution in [0.4, 0.5) is 10.5 Å². The first kappa shape index (κ1) is 18.2. The molecule has 4 atom stereocenters. The van der Waals surface area contributed by atoms with Gasteiger partial charge in [0.15, 0.2) is 0 Å². The molecule has 0 saturated carbocycles. The Balaban J connectivity index is 1.45. The molecule has 0 spiro atoms. The molecule has 25 heavy (non-hydrogen) atoms. The zero-order chi connectivity index (χ0) is 17.6. The van der Waals surface area contributed by atoms with Crippen molar-refractivity contribution in [1.82, 2.24) is 15.1 Å². The summed E-state index contributed by atoms with van der Waals surface area (Å²) in [7, 11) is 0. The molecule has 3 fully saturated rings. The number of piperidine rings is 3. The Hall–Kier alpha value is -1.59. The molecule has 3 aliphatic heterocycles. The third kappa shape index (κ3) is 4.73. The zero-order valence-corrected chi connectivity index (χ0v) is 15.6. The Bertz CT molecular complexity index is 546. The predicted molar refractivity (Wildman–Crippen MR) is 103 cm³/mol. The van der Waals surface area contributed by atoms with Crippen molar-refractivity contribution >= 4 is 11.7 Å². The van der Waals surface area contributed by atoms with Gasteiger partial charge < -0.3 is 15.5 Å². The van der Waals surface area contributed by atoms with Crippen molar-refractivity contribution in [3.63, 3.8) is 0 Å². The van der Waals surface area contributed by atoms with E-state index in [2.05, 4.69) is 34.3 Å². The monoisotopic (exact) mass is 344 g/mol. The van der Waals surface area contributed by atoms with Crippen molar-refractivity contribution in [3.8, 4) is 0 Å². The highest BCUT2D eigenvalue weighted by molar-refractivity contribution is 5.89. The van der Waals surface area contributed by atoms with E-state index in [0.717, 1.165) is 37.2 Å². The SMILES string of the molecule is CCN(CC)C[C@@H]1CN2CC[C@H]1C[C@@H]2CNC(=O)Nc1ccccc1. The average molecular weight is 345 g/mol. The number of para-hydroxylation sites is 1. The molecule has 2 amide bonds. The van der Waals surface area contributed by atoms with Gasteiger partial charge in [0.1, 0.15) is 0 Å². The molecular formula is C20H32N4O. The quantitative estimate of drug-likeness (QED) is 0.800. The van der Waals surface area contributed by atoms with Gasteiger partial charge in [0.25, 0.3) is 0 Å². The van der Waals surface area contributed by atoms with Gasteiger partial charge in [-0.25, -0.2) is 4.79 Å². The van der Waals surface area contributed by atoms with E-state index in [1.165, 1.54) is 32.5 Å². The Morgan fingerprint density at radius 1 is 1.24 bits per heavy atom. The van der Waals surface area contributed by atoms with Gasteiger partial charge in [-0.1, -0.05) is 32.0 Å². The van der Waals surface area contributed by atoms with E-state index < -0.39 is 0 Å². The molecule has 2 bridgehead atoms. The van der Waals surface area contributed by atoms with Crippen LogP contribution in [0.1, 0.15) is 26.7 Å². The smallest absolute Gasteiger partial charge is 0.319 e. The lowest BCUT2D eigenvalue weighted by Gasteiger charge is -2.50. The van der Waals surface area contributed by atoms with Crippen LogP contribution in [0.15, 0.2) is 30.3 Å². The number of anilines is 1. The van der Waals surface area contributed by atoms with Crippen molar-refractivity contribution in [2.75, 3.05) is 44.6 Å². The number of carbonyl (C=O) groups is 1. The highest BCUT2D eigenvalue weighted by atomic mass is 16.2. The lowest BCUT2D eigenvalue weighted by atomic mass is 9.75. The third-order valence-corrected chi connectivity index (χ3v) is 5.93. The first-order chi connectivity index (χ1) is 12.2. The maximum atomic E-state index is 12.1. The van der Waals surface area contributed by atoms with Gasteiger partial charge in [0, 0.05) is 31.4 Å². The van der Waals surface area contributed by atoms with Gasteiger partial charge in [-0.2, -0.15) is 0 Å². The number of rotatable bonds is 7. The van der Waals surface area contributed by atoms with Crippen molar-refractivity contribution in [2.24, 2.45) is 11.8 Å². The maximum absolute atomic E-state index is 12.1. The van der Waals surface area contributed by atoms with Gasteiger partial charge in [0.05, 0.1) is 0 Å². The molecule has 5 nitrogen and oxygen atoms in total. The molecule has 0 radical (unpaired) electrons. The minimum Gasteiger partial charge on any atom is -0.336 e. The van der Waals surface area contributed by atoms with Crippen LogP contribution in [-0.4, -0.2) is 61.1 Å². The first-order valence-corrected chi connectivity index (χ1v) is 9.75. The molecule has 3 saturated heterocycles. The number of hydrogen-bond acceptors (Lipinski definition) is 3. The first-order valence-electron chi connectivity index (χ1n) is 9.75. The fourth-order valence-corrected chi connectivity index (χ4v) is 4.39. The van der Waals surface area contributed by atoms with E-state index in [9.17, 15) is 4.79 Å². The van der Waals surface area contributed by atoms with Crippen LogP contribution in [0.25, 0.3) is 0 Å². The minimum atomic E-state index is -0.103. The largest absolute Gasteiger partial charge is 0.336 e. The summed E-state index contributed by atoms with van der Waals surface area (Å²) in [5.41, 5.74) is 0.838. The topological polar surface area (TPSA) is 47.6 Å². The summed E-state index contributed by atoms with van der Waals surface area (Å²) in [5, 5.41) is 5.96. The number of carbonyl (C=O) groups excluding carboxylic acids is 1. The van der Waals surface area contributed by atoms with E-state index in [1.54, 1.807) is 0 Å². The fourth-order valence-electron chi connectivity index (χ4n) is 4.39. The molecule has 4 rings (SSSR count). The fraction of sp³-hybridized carbons (Fsp3) is 0.650. The zero-order valence-electron chi connectivity index (χ0n) is 15.6. The molecule has 2 N–H and O–H groups in total. The Morgan fingerprint density at radius 3 is 2.64 bits per heavy atom. The van der Waals surface area contributed by atoms with Crippen LogP contribution >= 0.6 is 0 Å². The number of fused-ring (bicyclic) bond motifs is 3. The van der Waals surface area contributed by atoms with E-state index in [-0.39, 0.29) is 6.03 Å². The van der Waals surface area contributed by atoms with E-state index in [0.29, 0.717) is 6.04 Å². The number of nitrogens with zero attached hydrogens (tertiary/aromatic N) is 2. The summed E-state index contributed by atoms with van der Waals surface area (Å²) < 4.78 is 0. The van der Waals surface area contributed by atoms with Crippen LogP contribution in [0.5, 0.6) is 0 Å². The number of urea groups is 1. The van der Waals surface area contributed by atoms with E-state index in [4.69, 9.17) is 0 Å². The van der Waals surface area contributed by atoms with Crippen LogP contribution in [0.2, 0.25) is 0 Å². The van der Waals surface area contributed by atoms with Gasteiger partial charge in [-0.15, -0.1) is 0 Å². The molecule has 0 aromatic heterocycles. The molecule has 5 heteroatoms. The van der Waals surface area contributed by atoms with Gasteiger partial charge >= 0.3 is 6.03 Å². The lowest BCUT2D eigenvalue weighted by molar-refractivity contribution is -0.00977. The number of benzene rings is 1. The third-order valence-electron chi connectivity index (χ3n) is 5.93. The van der Waals surface area contributed by atoms with Gasteiger partial charge in [-0.3, -0.25) is 4.90 Å². The summed E-state index contributed by atoms with van der Waals surface area (Å²) in [5.74, 6) is 1.61. The van der Waals surface area contributed by atoms with Crippen molar-refractivity contribution in [3.05, 3.63) is 30.3 Å². The second-order valence-corrected chi connectivity index (χ2v) is 7.38. The maximum Gasteiger partial charge on any atom is 0.319 e. The molecule has 3 aliphatic rings. The van der Waals surface area contributed by atoms with Crippen LogP contribution in [0, 0.1) is 11.8 Å². The molecule has 0 aliphatic carbocycles. The minimum absolute atomic E-state index is 0.103. The molecule has 1 aromatic carbocycles. The summed E-state index contributed by atoms with van der Waals surface area (Å²) >= 11 is 0. The van der Waals surface area contributed by atoms with E-state index >= 15 is 0 Å². The molecule has 1 aromatic rings. The highest BCUT2D eigenvalue weighted by Crippen LogP contribution is 2.36. The second-order valence-electron chi connectivity index (χ2n) is 7.38. The van der Waals surface area contributed by atoms with Gasteiger partial charge in [-0.05, 0) is 56.4 Å². The number of nitrogens with one attached hydrogen (secondary N) is 2. The summed E-state index contributed by atoms with van der Waals surface area (Å²) in [4.78, 5) is 17.2. The average Bonchev–Trinajstić information content (AvgIpc) is 2.66. The summed E-state index contributed by atoms with van der Waals surface area (Å²) in [6.45, 7) is 11.1. The summed E-state index contributed by atoms with van der Waals surface area (Å²) in [6, 6.07) is 10.0. The van der Waals surface area contributed by atoms with Gasteiger partial charge in [0.2, 0.25) is 0 Å². The molecule has 3 heterocycles. The standard InChI is InChI=1S/C20H32N4O/c1-3-23(4-2)14-17-15-24-11-10-16(17)12-19(24)13-21-20(25)22-18-8-6-5-7-9-18/h5-9,16-17,19H,3-4,10-15H2,1-2H3,(H2,21,22,25)/t16-,17+,19+/m0/s1. The second kappa shape index (κ2) is 8.68. The van der Waals surface area contributed by atoms with Crippen LogP contribution < -0.4 is 10.6 Å². The van der Waals surface area contributed by atoms with Crippen LogP contribution in [0.3, 0.4) is 0 Å². The Kier molecular flexibility index (Phi) is 6.32. The predicted octanol–water partition coefficient (Wildman–Crippen LogP) is 2.86. The van der Waals surface area contributed by atoms with Crippen molar-refractivity contribution < 1.29 is 4.79 Å². The lowest BCUT2D eigenvalue weighted by Crippen LogP contribution is -2.58. The van der Waals surface area contributed by atoms with E-state index in [1.807, 2.05) is 30.3 Å². The molecule has 1 unspecified atom stereocenters. The van der Waals surface area contributed by atoms with Crippen molar-refractivity contribution in [1.29, 1.82) is 0 Å². The number of amides is 2. The van der Waals surface area contributed by atoms with Crippen LogP contribution in [-0.2, 0) is 0 Å². The van der Waals surface area contributed by atoms with Crippen molar-refractivity contribution in [2.45, 2.75) is 32.7 Å². The Morgan fingerprint density at radius 2 is 2.00 bits per heavy atom.